The van der Waals surface area contributed by atoms with Gasteiger partial charge in [0.25, 0.3) is 0 Å². The third-order valence-corrected chi connectivity index (χ3v) is 5.49. The van der Waals surface area contributed by atoms with E-state index in [2.05, 4.69) is 41.4 Å². The molecule has 1 aliphatic heterocycles. The first kappa shape index (κ1) is 16.7. The first-order chi connectivity index (χ1) is 10.2. The monoisotopic (exact) mass is 308 g/mol. The predicted octanol–water partition coefficient (Wildman–Crippen LogP) is 2.88. The van der Waals surface area contributed by atoms with Gasteiger partial charge in [-0.1, -0.05) is 12.1 Å². The minimum absolute atomic E-state index is 0.225. The molecule has 2 N–H and O–H groups in total. The van der Waals surface area contributed by atoms with Gasteiger partial charge in [-0.3, -0.25) is 0 Å². The Balaban J connectivity index is 1.84. The molecule has 4 heteroatoms. The highest BCUT2D eigenvalue weighted by Gasteiger charge is 2.14. The van der Waals surface area contributed by atoms with E-state index in [1.807, 2.05) is 6.26 Å². The Hall–Kier alpha value is -0.710. The maximum Gasteiger partial charge on any atom is 0.0564 e. The Bertz CT molecular complexity index is 400. The van der Waals surface area contributed by atoms with Crippen molar-refractivity contribution in [2.45, 2.75) is 44.0 Å². The maximum atomic E-state index is 9.31. The van der Waals surface area contributed by atoms with Gasteiger partial charge in [0.1, 0.15) is 0 Å². The molecule has 1 aliphatic rings. The molecule has 1 aromatic rings. The van der Waals surface area contributed by atoms with Crippen LogP contribution in [0.4, 0.5) is 5.69 Å². The summed E-state index contributed by atoms with van der Waals surface area (Å²) in [5.74, 6) is 0. The molecule has 0 spiro atoms. The Morgan fingerprint density at radius 2 is 1.86 bits per heavy atom. The third-order valence-electron chi connectivity index (χ3n) is 4.33. The minimum Gasteiger partial charge on any atom is -0.395 e. The van der Waals surface area contributed by atoms with Crippen molar-refractivity contribution >= 4 is 17.4 Å². The first-order valence-corrected chi connectivity index (χ1v) is 9.24. The average Bonchev–Trinajstić information content (AvgIpc) is 2.55. The van der Waals surface area contributed by atoms with E-state index in [9.17, 15) is 5.11 Å². The number of piperidine rings is 1. The van der Waals surface area contributed by atoms with Crippen molar-refractivity contribution < 1.29 is 5.11 Å². The Morgan fingerprint density at radius 3 is 2.43 bits per heavy atom. The highest BCUT2D eigenvalue weighted by atomic mass is 32.2. The second-order valence-electron chi connectivity index (χ2n) is 5.84. The molecule has 0 saturated carbocycles. The Kier molecular flexibility index (Phi) is 6.87. The number of thioether (sulfide) groups is 1. The van der Waals surface area contributed by atoms with Crippen LogP contribution >= 0.6 is 11.8 Å². The molecule has 1 aromatic carbocycles. The second kappa shape index (κ2) is 8.66. The van der Waals surface area contributed by atoms with Gasteiger partial charge in [-0.15, -0.1) is 0 Å². The fraction of sp³-hybridized carbons (Fsp3) is 0.647. The molecule has 2 atom stereocenters. The van der Waals surface area contributed by atoms with Crippen molar-refractivity contribution in [1.29, 1.82) is 0 Å². The lowest BCUT2D eigenvalue weighted by Gasteiger charge is -2.29. The van der Waals surface area contributed by atoms with Crippen molar-refractivity contribution in [2.75, 3.05) is 30.9 Å². The number of rotatable bonds is 7. The molecule has 2 rings (SSSR count). The summed E-state index contributed by atoms with van der Waals surface area (Å²) in [6.45, 7) is 5.61. The molecule has 0 aliphatic carbocycles. The first-order valence-electron chi connectivity index (χ1n) is 7.95. The van der Waals surface area contributed by atoms with Crippen LogP contribution in [0, 0.1) is 0 Å². The van der Waals surface area contributed by atoms with Crippen LogP contribution in [0.25, 0.3) is 0 Å². The lowest BCUT2D eigenvalue weighted by Crippen LogP contribution is -2.37. The molecule has 0 aromatic heterocycles. The molecule has 3 nitrogen and oxygen atoms in total. The topological polar surface area (TPSA) is 35.5 Å². The third kappa shape index (κ3) is 4.90. The summed E-state index contributed by atoms with van der Waals surface area (Å²) in [6, 6.07) is 9.23. The number of hydrogen-bond acceptors (Lipinski definition) is 4. The summed E-state index contributed by atoms with van der Waals surface area (Å²) in [4.78, 5) is 2.48. The number of aliphatic hydroxyl groups excluding tert-OH is 1. The Morgan fingerprint density at radius 1 is 1.19 bits per heavy atom. The molecule has 21 heavy (non-hydrogen) atoms. The van der Waals surface area contributed by atoms with E-state index < -0.39 is 0 Å². The molecular formula is C17H28N2OS. The molecule has 118 valence electrons. The smallest absolute Gasteiger partial charge is 0.0564 e. The molecular weight excluding hydrogens is 280 g/mol. The standard InChI is InChI=1S/C17H28N2OS/c1-14(17(13-20)21-2)18-12-15-6-8-16(9-7-15)19-10-4-3-5-11-19/h6-9,14,17-18,20H,3-5,10-13H2,1-2H3. The number of benzene rings is 1. The van der Waals surface area contributed by atoms with Gasteiger partial charge in [0.05, 0.1) is 6.61 Å². The van der Waals surface area contributed by atoms with Crippen LogP contribution in [0.15, 0.2) is 24.3 Å². The number of aliphatic hydroxyl groups is 1. The van der Waals surface area contributed by atoms with Crippen LogP contribution in [-0.4, -0.2) is 42.4 Å². The predicted molar refractivity (Wildman–Crippen MR) is 93.2 cm³/mol. The molecule has 1 saturated heterocycles. The lowest BCUT2D eigenvalue weighted by atomic mass is 10.1. The summed E-state index contributed by atoms with van der Waals surface area (Å²) in [7, 11) is 0. The lowest BCUT2D eigenvalue weighted by molar-refractivity contribution is 0.276. The van der Waals surface area contributed by atoms with Gasteiger partial charge in [-0.25, -0.2) is 0 Å². The van der Waals surface area contributed by atoms with E-state index in [0.29, 0.717) is 6.04 Å². The zero-order valence-electron chi connectivity index (χ0n) is 13.2. The summed E-state index contributed by atoms with van der Waals surface area (Å²) in [5.41, 5.74) is 2.66. The van der Waals surface area contributed by atoms with Crippen molar-refractivity contribution in [1.82, 2.24) is 5.32 Å². The van der Waals surface area contributed by atoms with E-state index in [1.165, 1.54) is 43.6 Å². The number of hydrogen-bond donors (Lipinski definition) is 2. The van der Waals surface area contributed by atoms with Crippen molar-refractivity contribution in [2.24, 2.45) is 0 Å². The molecule has 1 fully saturated rings. The van der Waals surface area contributed by atoms with Crippen LogP contribution in [-0.2, 0) is 6.54 Å². The number of anilines is 1. The number of nitrogens with one attached hydrogen (secondary N) is 1. The van der Waals surface area contributed by atoms with Crippen LogP contribution in [0.3, 0.4) is 0 Å². The normalized spacial score (nSPS) is 18.5. The summed E-state index contributed by atoms with van der Waals surface area (Å²) < 4.78 is 0. The fourth-order valence-corrected chi connectivity index (χ4v) is 3.48. The van der Waals surface area contributed by atoms with Gasteiger partial charge in [-0.05, 0) is 50.1 Å². The fourth-order valence-electron chi connectivity index (χ4n) is 2.82. The highest BCUT2D eigenvalue weighted by molar-refractivity contribution is 7.99. The second-order valence-corrected chi connectivity index (χ2v) is 6.92. The zero-order chi connectivity index (χ0) is 15.1. The molecule has 0 radical (unpaired) electrons. The van der Waals surface area contributed by atoms with E-state index in [-0.39, 0.29) is 11.9 Å². The van der Waals surface area contributed by atoms with Gasteiger partial charge >= 0.3 is 0 Å². The van der Waals surface area contributed by atoms with Gasteiger partial charge in [0.15, 0.2) is 0 Å². The van der Waals surface area contributed by atoms with E-state index in [0.717, 1.165) is 6.54 Å². The maximum absolute atomic E-state index is 9.31. The van der Waals surface area contributed by atoms with Crippen LogP contribution in [0.5, 0.6) is 0 Å². The van der Waals surface area contributed by atoms with Crippen LogP contribution < -0.4 is 10.2 Å². The number of nitrogens with zero attached hydrogens (tertiary/aromatic N) is 1. The van der Waals surface area contributed by atoms with Gasteiger partial charge in [0, 0.05) is 36.6 Å². The van der Waals surface area contributed by atoms with Crippen molar-refractivity contribution in [3.63, 3.8) is 0 Å². The van der Waals surface area contributed by atoms with E-state index in [1.54, 1.807) is 11.8 Å². The molecule has 2 unspecified atom stereocenters. The van der Waals surface area contributed by atoms with Crippen molar-refractivity contribution in [3.05, 3.63) is 29.8 Å². The van der Waals surface area contributed by atoms with Gasteiger partial charge < -0.3 is 15.3 Å². The van der Waals surface area contributed by atoms with Gasteiger partial charge in [0.2, 0.25) is 0 Å². The highest BCUT2D eigenvalue weighted by Crippen LogP contribution is 2.20. The zero-order valence-corrected chi connectivity index (χ0v) is 14.0. The minimum atomic E-state index is 0.225. The van der Waals surface area contributed by atoms with E-state index in [4.69, 9.17) is 0 Å². The summed E-state index contributed by atoms with van der Waals surface area (Å²) in [6.07, 6.45) is 6.06. The average molecular weight is 308 g/mol. The molecule has 1 heterocycles. The van der Waals surface area contributed by atoms with Crippen LogP contribution in [0.2, 0.25) is 0 Å². The molecule has 0 bridgehead atoms. The quantitative estimate of drug-likeness (QED) is 0.812. The SMILES string of the molecule is CSC(CO)C(C)NCc1ccc(N2CCCCC2)cc1. The summed E-state index contributed by atoms with van der Waals surface area (Å²) in [5, 5.41) is 13.1. The van der Waals surface area contributed by atoms with Crippen molar-refractivity contribution in [3.8, 4) is 0 Å². The van der Waals surface area contributed by atoms with Gasteiger partial charge in [-0.2, -0.15) is 11.8 Å². The molecule has 0 amide bonds. The summed E-state index contributed by atoms with van der Waals surface area (Å²) >= 11 is 1.72. The van der Waals surface area contributed by atoms with Crippen LogP contribution in [0.1, 0.15) is 31.7 Å². The largest absolute Gasteiger partial charge is 0.395 e. The van der Waals surface area contributed by atoms with E-state index >= 15 is 0 Å². The Labute approximate surface area is 133 Å².